The molecule has 128 valence electrons. The van der Waals surface area contributed by atoms with Gasteiger partial charge in [0.15, 0.2) is 0 Å². The molecule has 0 aliphatic heterocycles. The topological polar surface area (TPSA) is 49.3 Å². The van der Waals surface area contributed by atoms with Gasteiger partial charge >= 0.3 is 6.18 Å². The molecule has 7 heteroatoms. The highest BCUT2D eigenvalue weighted by Crippen LogP contribution is 2.34. The molecular formula is C18H11ClF3NO2. The van der Waals surface area contributed by atoms with Crippen molar-refractivity contribution in [3.63, 3.8) is 0 Å². The van der Waals surface area contributed by atoms with Crippen molar-refractivity contribution in [1.29, 1.82) is 0 Å². The van der Waals surface area contributed by atoms with Crippen molar-refractivity contribution < 1.29 is 23.1 Å². The second kappa shape index (κ2) is 6.29. The van der Waals surface area contributed by atoms with Crippen molar-refractivity contribution in [2.24, 2.45) is 0 Å². The summed E-state index contributed by atoms with van der Waals surface area (Å²) in [6.07, 6.45) is -4.53. The lowest BCUT2D eigenvalue weighted by molar-refractivity contribution is -0.137. The van der Waals surface area contributed by atoms with Crippen LogP contribution in [0.2, 0.25) is 5.02 Å². The molecule has 1 amide bonds. The number of hydrogen-bond donors (Lipinski definition) is 2. The lowest BCUT2D eigenvalue weighted by atomic mass is 10.1. The van der Waals surface area contributed by atoms with E-state index in [1.165, 1.54) is 12.1 Å². The molecule has 2 N–H and O–H groups in total. The highest BCUT2D eigenvalue weighted by molar-refractivity contribution is 6.34. The Labute approximate surface area is 145 Å². The van der Waals surface area contributed by atoms with E-state index in [4.69, 9.17) is 11.6 Å². The van der Waals surface area contributed by atoms with Crippen LogP contribution >= 0.6 is 11.6 Å². The molecule has 3 nitrogen and oxygen atoms in total. The largest absolute Gasteiger partial charge is 0.507 e. The second-order valence-electron chi connectivity index (χ2n) is 5.36. The standard InChI is InChI=1S/C18H11ClF3NO2/c19-14-9-12(18(20,21)22)5-6-15(14)23-17(25)13-7-10-3-1-2-4-11(10)8-16(13)24/h1-9,24H,(H,23,25). The summed E-state index contributed by atoms with van der Waals surface area (Å²) in [6.45, 7) is 0. The predicted octanol–water partition coefficient (Wildman–Crippen LogP) is 5.47. The van der Waals surface area contributed by atoms with Gasteiger partial charge in [0.2, 0.25) is 0 Å². The van der Waals surface area contributed by atoms with E-state index in [9.17, 15) is 23.1 Å². The zero-order valence-corrected chi connectivity index (χ0v) is 13.3. The molecule has 0 radical (unpaired) electrons. The second-order valence-corrected chi connectivity index (χ2v) is 5.77. The quantitative estimate of drug-likeness (QED) is 0.632. The fourth-order valence-electron chi connectivity index (χ4n) is 2.39. The Kier molecular flexibility index (Phi) is 4.30. The molecule has 0 saturated carbocycles. The Morgan fingerprint density at radius 2 is 1.64 bits per heavy atom. The number of fused-ring (bicyclic) bond motifs is 1. The number of benzene rings is 3. The van der Waals surface area contributed by atoms with Gasteiger partial charge in [0, 0.05) is 0 Å². The number of phenols is 1. The molecule has 0 aromatic heterocycles. The van der Waals surface area contributed by atoms with E-state index in [-0.39, 0.29) is 22.0 Å². The number of rotatable bonds is 2. The molecule has 0 spiro atoms. The number of halogens is 4. The van der Waals surface area contributed by atoms with Crippen LogP contribution in [0.3, 0.4) is 0 Å². The molecule has 0 atom stereocenters. The normalized spacial score (nSPS) is 11.5. The maximum Gasteiger partial charge on any atom is 0.416 e. The maximum absolute atomic E-state index is 12.6. The smallest absolute Gasteiger partial charge is 0.416 e. The van der Waals surface area contributed by atoms with E-state index in [0.717, 1.165) is 29.0 Å². The Morgan fingerprint density at radius 1 is 1.00 bits per heavy atom. The summed E-state index contributed by atoms with van der Waals surface area (Å²) in [6, 6.07) is 12.7. The monoisotopic (exact) mass is 365 g/mol. The molecule has 0 bridgehead atoms. The lowest BCUT2D eigenvalue weighted by Gasteiger charge is -2.12. The van der Waals surface area contributed by atoms with Crippen LogP contribution in [0, 0.1) is 0 Å². The molecule has 3 aromatic rings. The number of carbonyl (C=O) groups is 1. The Hall–Kier alpha value is -2.73. The third-order valence-electron chi connectivity index (χ3n) is 3.65. The number of amides is 1. The molecule has 0 aliphatic rings. The number of hydrogen-bond acceptors (Lipinski definition) is 2. The minimum atomic E-state index is -4.53. The van der Waals surface area contributed by atoms with E-state index >= 15 is 0 Å². The third kappa shape index (κ3) is 3.53. The molecule has 0 heterocycles. The Balaban J connectivity index is 1.91. The number of nitrogens with one attached hydrogen (secondary N) is 1. The first-order valence-corrected chi connectivity index (χ1v) is 7.53. The molecular weight excluding hydrogens is 355 g/mol. The summed E-state index contributed by atoms with van der Waals surface area (Å²) >= 11 is 5.82. The van der Waals surface area contributed by atoms with Gasteiger partial charge in [0.1, 0.15) is 5.75 Å². The van der Waals surface area contributed by atoms with Gasteiger partial charge in [-0.05, 0) is 41.1 Å². The molecule has 0 fully saturated rings. The van der Waals surface area contributed by atoms with E-state index in [0.29, 0.717) is 0 Å². The SMILES string of the molecule is O=C(Nc1ccc(C(F)(F)F)cc1Cl)c1cc2ccccc2cc1O. The van der Waals surface area contributed by atoms with E-state index in [2.05, 4.69) is 5.32 Å². The predicted molar refractivity (Wildman–Crippen MR) is 90.0 cm³/mol. The van der Waals surface area contributed by atoms with Crippen molar-refractivity contribution in [3.8, 4) is 5.75 Å². The minimum absolute atomic E-state index is 0.00494. The first-order chi connectivity index (χ1) is 11.8. The van der Waals surface area contributed by atoms with E-state index in [1.807, 2.05) is 0 Å². The first-order valence-electron chi connectivity index (χ1n) is 7.15. The highest BCUT2D eigenvalue weighted by Gasteiger charge is 2.31. The van der Waals surface area contributed by atoms with Crippen LogP contribution in [0.5, 0.6) is 5.75 Å². The summed E-state index contributed by atoms with van der Waals surface area (Å²) in [5.74, 6) is -0.913. The maximum atomic E-state index is 12.6. The van der Waals surface area contributed by atoms with Crippen LogP contribution in [-0.2, 0) is 6.18 Å². The summed E-state index contributed by atoms with van der Waals surface area (Å²) in [5.41, 5.74) is -0.897. The molecule has 25 heavy (non-hydrogen) atoms. The van der Waals surface area contributed by atoms with Gasteiger partial charge < -0.3 is 10.4 Å². The van der Waals surface area contributed by atoms with Gasteiger partial charge in [-0.15, -0.1) is 0 Å². The molecule has 0 saturated heterocycles. The van der Waals surface area contributed by atoms with Gasteiger partial charge in [0.25, 0.3) is 5.91 Å². The zero-order chi connectivity index (χ0) is 18.2. The van der Waals surface area contributed by atoms with Crippen molar-refractivity contribution in [1.82, 2.24) is 0 Å². The number of anilines is 1. The fraction of sp³-hybridized carbons (Fsp3) is 0.0556. The summed E-state index contributed by atoms with van der Waals surface area (Å²) in [7, 11) is 0. The average molecular weight is 366 g/mol. The Morgan fingerprint density at radius 3 is 2.24 bits per heavy atom. The average Bonchev–Trinajstić information content (AvgIpc) is 2.55. The summed E-state index contributed by atoms with van der Waals surface area (Å²) in [4.78, 5) is 12.4. The molecule has 0 aliphatic carbocycles. The van der Waals surface area contributed by atoms with E-state index in [1.54, 1.807) is 24.3 Å². The van der Waals surface area contributed by atoms with E-state index < -0.39 is 17.6 Å². The number of carbonyl (C=O) groups excluding carboxylic acids is 1. The van der Waals surface area contributed by atoms with Crippen LogP contribution in [0.15, 0.2) is 54.6 Å². The Bertz CT molecular complexity index is 970. The lowest BCUT2D eigenvalue weighted by Crippen LogP contribution is -2.13. The molecule has 3 aromatic carbocycles. The van der Waals surface area contributed by atoms with Gasteiger partial charge in [-0.1, -0.05) is 35.9 Å². The first kappa shape index (κ1) is 17.1. The van der Waals surface area contributed by atoms with Gasteiger partial charge in [-0.25, -0.2) is 0 Å². The van der Waals surface area contributed by atoms with Crippen LogP contribution in [0.4, 0.5) is 18.9 Å². The fourth-order valence-corrected chi connectivity index (χ4v) is 2.62. The van der Waals surface area contributed by atoms with Crippen molar-refractivity contribution in [2.45, 2.75) is 6.18 Å². The molecule has 0 unspecified atom stereocenters. The van der Waals surface area contributed by atoms with Crippen LogP contribution in [-0.4, -0.2) is 11.0 Å². The number of phenolic OH excluding ortho intramolecular Hbond substituents is 1. The van der Waals surface area contributed by atoms with Crippen LogP contribution in [0.25, 0.3) is 10.8 Å². The van der Waals surface area contributed by atoms with Gasteiger partial charge in [-0.2, -0.15) is 13.2 Å². The van der Waals surface area contributed by atoms with Gasteiger partial charge in [-0.3, -0.25) is 4.79 Å². The highest BCUT2D eigenvalue weighted by atomic mass is 35.5. The van der Waals surface area contributed by atoms with Crippen LogP contribution in [0.1, 0.15) is 15.9 Å². The number of alkyl halides is 3. The van der Waals surface area contributed by atoms with Gasteiger partial charge in [0.05, 0.1) is 21.8 Å². The van der Waals surface area contributed by atoms with Crippen LogP contribution < -0.4 is 5.32 Å². The zero-order valence-electron chi connectivity index (χ0n) is 12.6. The van der Waals surface area contributed by atoms with Crippen molar-refractivity contribution in [3.05, 3.63) is 70.7 Å². The minimum Gasteiger partial charge on any atom is -0.507 e. The number of aromatic hydroxyl groups is 1. The molecule has 3 rings (SSSR count). The van der Waals surface area contributed by atoms with Crippen molar-refractivity contribution in [2.75, 3.05) is 5.32 Å². The van der Waals surface area contributed by atoms with Crippen molar-refractivity contribution >= 4 is 34.0 Å². The summed E-state index contributed by atoms with van der Waals surface area (Å²) in [5, 5.41) is 13.7. The third-order valence-corrected chi connectivity index (χ3v) is 3.97. The summed E-state index contributed by atoms with van der Waals surface area (Å²) < 4.78 is 37.9.